The van der Waals surface area contributed by atoms with Crippen molar-refractivity contribution in [2.75, 3.05) is 19.8 Å². The fraction of sp³-hybridized carbons (Fsp3) is 0.462. The summed E-state index contributed by atoms with van der Waals surface area (Å²) in [4.78, 5) is 11.5. The number of halogens is 1. The molecule has 0 radical (unpaired) electrons. The molecule has 4 nitrogen and oxygen atoms in total. The Morgan fingerprint density at radius 2 is 2.06 bits per heavy atom. The Kier molecular flexibility index (Phi) is 9.28. The van der Waals surface area contributed by atoms with Crippen LogP contribution in [0.3, 0.4) is 0 Å². The maximum Gasteiger partial charge on any atom is 0.221 e. The average molecular weight is 273 g/mol. The zero-order valence-corrected chi connectivity index (χ0v) is 11.4. The second-order valence-electron chi connectivity index (χ2n) is 3.77. The predicted octanol–water partition coefficient (Wildman–Crippen LogP) is 1.65. The first kappa shape index (κ1) is 16.9. The topological polar surface area (TPSA) is 64.3 Å². The number of ether oxygens (including phenoxy) is 1. The molecule has 1 unspecified atom stereocenters. The van der Waals surface area contributed by atoms with Gasteiger partial charge in [-0.15, -0.1) is 12.4 Å². The molecule has 0 saturated heterocycles. The quantitative estimate of drug-likeness (QED) is 0.742. The Hall–Kier alpha value is -1.10. The monoisotopic (exact) mass is 272 g/mol. The summed E-state index contributed by atoms with van der Waals surface area (Å²) in [7, 11) is 0. The number of rotatable bonds is 7. The van der Waals surface area contributed by atoms with Crippen LogP contribution in [-0.2, 0) is 9.53 Å². The van der Waals surface area contributed by atoms with E-state index in [1.165, 1.54) is 0 Å². The summed E-state index contributed by atoms with van der Waals surface area (Å²) in [6.45, 7) is 3.67. The van der Waals surface area contributed by atoms with Crippen molar-refractivity contribution in [2.24, 2.45) is 5.73 Å². The molecule has 1 aromatic carbocycles. The SMILES string of the molecule is CCOCCNC(=O)CC(N)c1ccccc1.Cl. The largest absolute Gasteiger partial charge is 0.380 e. The summed E-state index contributed by atoms with van der Waals surface area (Å²) in [5.41, 5.74) is 6.91. The van der Waals surface area contributed by atoms with Crippen LogP contribution in [0.4, 0.5) is 0 Å². The third-order valence-corrected chi connectivity index (χ3v) is 2.41. The maximum atomic E-state index is 11.5. The van der Waals surface area contributed by atoms with Crippen LogP contribution in [0.15, 0.2) is 30.3 Å². The van der Waals surface area contributed by atoms with Gasteiger partial charge in [0.05, 0.1) is 6.61 Å². The first-order valence-electron chi connectivity index (χ1n) is 5.89. The van der Waals surface area contributed by atoms with Gasteiger partial charge >= 0.3 is 0 Å². The second kappa shape index (κ2) is 9.88. The summed E-state index contributed by atoms with van der Waals surface area (Å²) in [6.07, 6.45) is 0.302. The predicted molar refractivity (Wildman–Crippen MR) is 74.7 cm³/mol. The highest BCUT2D eigenvalue weighted by Crippen LogP contribution is 2.12. The second-order valence-corrected chi connectivity index (χ2v) is 3.77. The van der Waals surface area contributed by atoms with E-state index in [9.17, 15) is 4.79 Å². The Morgan fingerprint density at radius 3 is 2.67 bits per heavy atom. The van der Waals surface area contributed by atoms with Gasteiger partial charge in [-0.1, -0.05) is 30.3 Å². The zero-order chi connectivity index (χ0) is 12.5. The minimum atomic E-state index is -0.247. The third kappa shape index (κ3) is 6.59. The molecular weight excluding hydrogens is 252 g/mol. The fourth-order valence-corrected chi connectivity index (χ4v) is 1.50. The lowest BCUT2D eigenvalue weighted by Gasteiger charge is -2.12. The van der Waals surface area contributed by atoms with Gasteiger partial charge in [0, 0.05) is 25.6 Å². The van der Waals surface area contributed by atoms with Gasteiger partial charge in [0.2, 0.25) is 5.91 Å². The Balaban J connectivity index is 0.00000289. The van der Waals surface area contributed by atoms with E-state index in [-0.39, 0.29) is 24.4 Å². The maximum absolute atomic E-state index is 11.5. The number of nitrogens with one attached hydrogen (secondary N) is 1. The molecule has 1 aromatic rings. The van der Waals surface area contributed by atoms with Crippen molar-refractivity contribution in [3.63, 3.8) is 0 Å². The van der Waals surface area contributed by atoms with Crippen molar-refractivity contribution in [1.29, 1.82) is 0 Å². The van der Waals surface area contributed by atoms with Gasteiger partial charge in [-0.25, -0.2) is 0 Å². The molecule has 18 heavy (non-hydrogen) atoms. The molecule has 1 atom stereocenters. The van der Waals surface area contributed by atoms with Crippen molar-refractivity contribution in [2.45, 2.75) is 19.4 Å². The van der Waals surface area contributed by atoms with Crippen LogP contribution in [-0.4, -0.2) is 25.7 Å². The average Bonchev–Trinajstić information content (AvgIpc) is 2.36. The molecule has 1 amide bonds. The molecule has 0 spiro atoms. The van der Waals surface area contributed by atoms with Gasteiger partial charge in [0.15, 0.2) is 0 Å². The molecule has 0 bridgehead atoms. The summed E-state index contributed by atoms with van der Waals surface area (Å²) < 4.78 is 5.13. The highest BCUT2D eigenvalue weighted by molar-refractivity contribution is 5.85. The fourth-order valence-electron chi connectivity index (χ4n) is 1.50. The summed E-state index contributed by atoms with van der Waals surface area (Å²) in [5, 5.41) is 2.77. The van der Waals surface area contributed by atoms with E-state index in [4.69, 9.17) is 10.5 Å². The molecule has 3 N–H and O–H groups in total. The number of benzene rings is 1. The van der Waals surface area contributed by atoms with Crippen molar-refractivity contribution in [1.82, 2.24) is 5.32 Å². The molecule has 1 rings (SSSR count). The van der Waals surface area contributed by atoms with Crippen molar-refractivity contribution < 1.29 is 9.53 Å². The third-order valence-electron chi connectivity index (χ3n) is 2.41. The van der Waals surface area contributed by atoms with Crippen molar-refractivity contribution in [3.8, 4) is 0 Å². The number of carbonyl (C=O) groups excluding carboxylic acids is 1. The highest BCUT2D eigenvalue weighted by Gasteiger charge is 2.10. The molecule has 0 fully saturated rings. The first-order chi connectivity index (χ1) is 8.24. The Bertz CT molecular complexity index is 333. The van der Waals surface area contributed by atoms with Crippen LogP contribution in [0.5, 0.6) is 0 Å². The van der Waals surface area contributed by atoms with Crippen LogP contribution in [0.25, 0.3) is 0 Å². The van der Waals surface area contributed by atoms with E-state index in [0.717, 1.165) is 5.56 Å². The normalized spacial score (nSPS) is 11.4. The van der Waals surface area contributed by atoms with Crippen LogP contribution in [0.2, 0.25) is 0 Å². The van der Waals surface area contributed by atoms with E-state index >= 15 is 0 Å². The number of hydrogen-bond acceptors (Lipinski definition) is 3. The number of nitrogens with two attached hydrogens (primary N) is 1. The first-order valence-corrected chi connectivity index (χ1v) is 5.89. The van der Waals surface area contributed by atoms with Crippen LogP contribution in [0, 0.1) is 0 Å². The van der Waals surface area contributed by atoms with Gasteiger partial charge in [0.1, 0.15) is 0 Å². The molecule has 102 valence electrons. The lowest BCUT2D eigenvalue weighted by molar-refractivity contribution is -0.121. The number of carbonyl (C=O) groups is 1. The minimum Gasteiger partial charge on any atom is -0.380 e. The van der Waals surface area contributed by atoms with Gasteiger partial charge in [-0.3, -0.25) is 4.79 Å². The molecule has 0 heterocycles. The van der Waals surface area contributed by atoms with Crippen LogP contribution < -0.4 is 11.1 Å². The molecule has 5 heteroatoms. The number of amides is 1. The summed E-state index contributed by atoms with van der Waals surface area (Å²) in [5.74, 6) is -0.0407. The van der Waals surface area contributed by atoms with Crippen LogP contribution >= 0.6 is 12.4 Å². The summed E-state index contributed by atoms with van der Waals surface area (Å²) >= 11 is 0. The van der Waals surface area contributed by atoms with E-state index in [2.05, 4.69) is 5.32 Å². The number of hydrogen-bond donors (Lipinski definition) is 2. The van der Waals surface area contributed by atoms with Crippen molar-refractivity contribution in [3.05, 3.63) is 35.9 Å². The standard InChI is InChI=1S/C13H20N2O2.ClH/c1-2-17-9-8-15-13(16)10-12(14)11-6-4-3-5-7-11;/h3-7,12H,2,8-10,14H2,1H3,(H,15,16);1H. The summed E-state index contributed by atoms with van der Waals surface area (Å²) in [6, 6.07) is 9.38. The highest BCUT2D eigenvalue weighted by atomic mass is 35.5. The molecule has 0 saturated carbocycles. The lowest BCUT2D eigenvalue weighted by Crippen LogP contribution is -2.30. The molecule has 0 aliphatic rings. The van der Waals surface area contributed by atoms with Crippen LogP contribution in [0.1, 0.15) is 24.9 Å². The lowest BCUT2D eigenvalue weighted by atomic mass is 10.0. The molecule has 0 aliphatic carbocycles. The Labute approximate surface area is 114 Å². The van der Waals surface area contributed by atoms with Gasteiger partial charge in [0.25, 0.3) is 0 Å². The molecular formula is C13H21ClN2O2. The minimum absolute atomic E-state index is 0. The smallest absolute Gasteiger partial charge is 0.221 e. The van der Waals surface area contributed by atoms with Gasteiger partial charge in [-0.2, -0.15) is 0 Å². The van der Waals surface area contributed by atoms with E-state index in [1.54, 1.807) is 0 Å². The van der Waals surface area contributed by atoms with Crippen molar-refractivity contribution >= 4 is 18.3 Å². The molecule has 0 aliphatic heterocycles. The van der Waals surface area contributed by atoms with Gasteiger partial charge in [-0.05, 0) is 12.5 Å². The zero-order valence-electron chi connectivity index (χ0n) is 10.6. The Morgan fingerprint density at radius 1 is 1.39 bits per heavy atom. The van der Waals surface area contributed by atoms with E-state index in [0.29, 0.717) is 26.2 Å². The van der Waals surface area contributed by atoms with E-state index < -0.39 is 0 Å². The van der Waals surface area contributed by atoms with Gasteiger partial charge < -0.3 is 15.8 Å². The van der Waals surface area contributed by atoms with E-state index in [1.807, 2.05) is 37.3 Å². The molecule has 0 aromatic heterocycles.